The maximum atomic E-state index is 18.2. The van der Waals surface area contributed by atoms with Crippen LogP contribution in [0.5, 0.6) is 0 Å². The van der Waals surface area contributed by atoms with E-state index in [1.54, 1.807) is 12.1 Å². The second kappa shape index (κ2) is 18.1. The lowest BCUT2D eigenvalue weighted by Crippen LogP contribution is -2.14. The molecule has 0 amide bonds. The van der Waals surface area contributed by atoms with Crippen LogP contribution in [0.4, 0.5) is 42.9 Å². The van der Waals surface area contributed by atoms with E-state index in [-0.39, 0.29) is 34.1 Å². The molecule has 0 saturated heterocycles. The second-order valence-electron chi connectivity index (χ2n) is 18.4. The van der Waals surface area contributed by atoms with Crippen LogP contribution in [0, 0.1) is 39.3 Å². The Morgan fingerprint density at radius 3 is 1.00 bits per heavy atom. The third-order valence-corrected chi connectivity index (χ3v) is 13.6. The standard InChI is InChI=1S/C68H50F2N2/c1-43-15-23-47(24-16-43)53-39-59(49-27-19-45(3)20-28-49)67(61(69)41-53)71(55-11-7-5-8-12-55)63-37-33-51-32-36-58-64(38-34-52-31-35-57(63)65(51)66(52)58)72(56-13-9-6-10-14-56)68-60(50-29-21-46(4)22-30-50)40-54(42-62(68)70)48-25-17-44(2)18-26-48/h5-42H,1-4H3/i5D,6D,7D,8D,9D,10D,11D,12D,13D,14D. The summed E-state index contributed by atoms with van der Waals surface area (Å²) in [5, 5.41) is 3.59. The fraction of sp³-hybridized carbons (Fsp3) is 0.0588. The van der Waals surface area contributed by atoms with Crippen molar-refractivity contribution in [2.24, 2.45) is 0 Å². The molecule has 0 radical (unpaired) electrons. The number of para-hydroxylation sites is 2. The van der Waals surface area contributed by atoms with E-state index in [0.717, 1.165) is 33.4 Å². The molecule has 0 fully saturated rings. The van der Waals surface area contributed by atoms with Crippen molar-refractivity contribution in [1.29, 1.82) is 0 Å². The first-order valence-electron chi connectivity index (χ1n) is 28.7. The minimum Gasteiger partial charge on any atom is -0.307 e. The molecule has 0 spiro atoms. The van der Waals surface area contributed by atoms with Gasteiger partial charge >= 0.3 is 0 Å². The van der Waals surface area contributed by atoms with E-state index < -0.39 is 72.1 Å². The number of nitrogens with zero attached hydrogens (tertiary/aromatic N) is 2. The molecular formula is C68H50F2N2. The SMILES string of the molecule is [2H]c1c([2H])c([2H])c(N(c2c(F)cc(-c3ccc(C)cc3)cc2-c2ccc(C)cc2)c2ccc3ccc4c(N(c5c(F)cc(-c6ccc(C)cc6)cc5-c5ccc(C)cc5)c5c([2H])c([2H])c([2H])c([2H])c5[2H])ccc5ccc2c3c54)c([2H])c1[2H]. The summed E-state index contributed by atoms with van der Waals surface area (Å²) in [6.07, 6.45) is 0. The van der Waals surface area contributed by atoms with E-state index in [4.69, 9.17) is 8.22 Å². The van der Waals surface area contributed by atoms with Gasteiger partial charge in [0, 0.05) is 33.3 Å². The molecule has 4 heteroatoms. The minimum atomic E-state index is -0.734. The van der Waals surface area contributed by atoms with Gasteiger partial charge in [-0.1, -0.05) is 192 Å². The predicted octanol–water partition coefficient (Wildman–Crippen LogP) is 19.7. The average Bonchev–Trinajstić information content (AvgIpc) is 1.80. The summed E-state index contributed by atoms with van der Waals surface area (Å²) in [7, 11) is 0. The lowest BCUT2D eigenvalue weighted by atomic mass is 9.90. The van der Waals surface area contributed by atoms with E-state index in [2.05, 4.69) is 0 Å². The van der Waals surface area contributed by atoms with E-state index in [1.807, 2.05) is 173 Å². The van der Waals surface area contributed by atoms with Crippen molar-refractivity contribution < 1.29 is 22.5 Å². The molecule has 0 aliphatic rings. The van der Waals surface area contributed by atoms with Gasteiger partial charge in [0.2, 0.25) is 0 Å². The summed E-state index contributed by atoms with van der Waals surface area (Å²) < 4.78 is 127. The van der Waals surface area contributed by atoms with Crippen molar-refractivity contribution in [3.8, 4) is 44.5 Å². The van der Waals surface area contributed by atoms with Crippen molar-refractivity contribution in [2.75, 3.05) is 9.80 Å². The van der Waals surface area contributed by atoms with Gasteiger partial charge in [-0.2, -0.15) is 0 Å². The van der Waals surface area contributed by atoms with E-state index in [1.165, 1.54) is 21.9 Å². The van der Waals surface area contributed by atoms with Crippen LogP contribution < -0.4 is 9.80 Å². The van der Waals surface area contributed by atoms with Crippen molar-refractivity contribution in [2.45, 2.75) is 27.7 Å². The Hall–Kier alpha value is -8.86. The van der Waals surface area contributed by atoms with Gasteiger partial charge < -0.3 is 9.80 Å². The largest absolute Gasteiger partial charge is 0.307 e. The Balaban J connectivity index is 1.19. The molecule has 12 rings (SSSR count). The summed E-state index contributed by atoms with van der Waals surface area (Å²) in [6, 6.07) is 45.5. The molecule has 72 heavy (non-hydrogen) atoms. The Kier molecular flexibility index (Phi) is 8.68. The topological polar surface area (TPSA) is 6.48 Å². The molecule has 0 bridgehead atoms. The third kappa shape index (κ3) is 7.92. The van der Waals surface area contributed by atoms with Gasteiger partial charge in [0.1, 0.15) is 11.6 Å². The first-order chi connectivity index (χ1) is 39.3. The lowest BCUT2D eigenvalue weighted by Gasteiger charge is -2.31. The van der Waals surface area contributed by atoms with Gasteiger partial charge in [0.05, 0.1) is 36.5 Å². The summed E-state index contributed by atoms with van der Waals surface area (Å²) in [4.78, 5) is 2.85. The first kappa shape index (κ1) is 34.4. The molecule has 0 heterocycles. The van der Waals surface area contributed by atoms with Crippen LogP contribution in [-0.4, -0.2) is 0 Å². The van der Waals surface area contributed by atoms with E-state index in [9.17, 15) is 5.48 Å². The number of hydrogen-bond donors (Lipinski definition) is 0. The number of anilines is 6. The normalized spacial score (nSPS) is 13.4. The highest BCUT2D eigenvalue weighted by Crippen LogP contribution is 2.52. The highest BCUT2D eigenvalue weighted by Gasteiger charge is 2.28. The summed E-state index contributed by atoms with van der Waals surface area (Å²) in [5.74, 6) is -1.47. The molecule has 0 aromatic heterocycles. The van der Waals surface area contributed by atoms with Crippen LogP contribution in [0.2, 0.25) is 0 Å². The molecule has 2 nitrogen and oxygen atoms in total. The fourth-order valence-corrected chi connectivity index (χ4v) is 9.96. The number of halogens is 2. The van der Waals surface area contributed by atoms with E-state index in [0.29, 0.717) is 65.7 Å². The van der Waals surface area contributed by atoms with Crippen LogP contribution in [0.15, 0.2) is 230 Å². The van der Waals surface area contributed by atoms with Gasteiger partial charge in [0.25, 0.3) is 0 Å². The second-order valence-corrected chi connectivity index (χ2v) is 18.4. The highest BCUT2D eigenvalue weighted by atomic mass is 19.1. The molecule has 346 valence electrons. The fourth-order valence-electron chi connectivity index (χ4n) is 9.96. The van der Waals surface area contributed by atoms with Crippen molar-refractivity contribution in [1.82, 2.24) is 0 Å². The molecule has 0 aliphatic heterocycles. The zero-order valence-electron chi connectivity index (χ0n) is 49.8. The Morgan fingerprint density at radius 2 is 0.653 bits per heavy atom. The Bertz CT molecular complexity index is 4220. The van der Waals surface area contributed by atoms with Crippen molar-refractivity contribution in [3.63, 3.8) is 0 Å². The van der Waals surface area contributed by atoms with E-state index >= 15 is 8.78 Å². The Labute approximate surface area is 433 Å². The molecule has 0 aliphatic carbocycles. The monoisotopic (exact) mass is 942 g/mol. The molecule has 12 aromatic rings. The molecule has 0 N–H and O–H groups in total. The van der Waals surface area contributed by atoms with Crippen LogP contribution in [0.25, 0.3) is 76.8 Å². The lowest BCUT2D eigenvalue weighted by molar-refractivity contribution is 0.629. The summed E-state index contributed by atoms with van der Waals surface area (Å²) in [6.45, 7) is 7.80. The Morgan fingerprint density at radius 1 is 0.333 bits per heavy atom. The zero-order valence-corrected chi connectivity index (χ0v) is 39.8. The maximum absolute atomic E-state index is 18.2. The zero-order chi connectivity index (χ0) is 57.7. The van der Waals surface area contributed by atoms with Gasteiger partial charge in [-0.25, -0.2) is 8.78 Å². The van der Waals surface area contributed by atoms with Crippen LogP contribution in [0.3, 0.4) is 0 Å². The maximum Gasteiger partial charge on any atom is 0.148 e. The molecule has 0 atom stereocenters. The van der Waals surface area contributed by atoms with Gasteiger partial charge in [-0.05, 0) is 143 Å². The molecule has 0 unspecified atom stereocenters. The van der Waals surface area contributed by atoms with Crippen LogP contribution in [-0.2, 0) is 0 Å². The van der Waals surface area contributed by atoms with Crippen LogP contribution in [0.1, 0.15) is 36.0 Å². The van der Waals surface area contributed by atoms with Gasteiger partial charge in [0.15, 0.2) is 0 Å². The minimum absolute atomic E-state index is 0.0745. The number of rotatable bonds is 10. The predicted molar refractivity (Wildman–Crippen MR) is 300 cm³/mol. The third-order valence-electron chi connectivity index (χ3n) is 13.6. The first-order valence-corrected chi connectivity index (χ1v) is 23.7. The number of hydrogen-bond acceptors (Lipinski definition) is 2. The van der Waals surface area contributed by atoms with Gasteiger partial charge in [-0.3, -0.25) is 0 Å². The van der Waals surface area contributed by atoms with Crippen molar-refractivity contribution in [3.05, 3.63) is 264 Å². The molecule has 12 aromatic carbocycles. The summed E-state index contributed by atoms with van der Waals surface area (Å²) >= 11 is 0. The molecular weight excluding hydrogens is 883 g/mol. The smallest absolute Gasteiger partial charge is 0.148 e. The van der Waals surface area contributed by atoms with Gasteiger partial charge in [-0.15, -0.1) is 0 Å². The van der Waals surface area contributed by atoms with Crippen molar-refractivity contribution >= 4 is 66.4 Å². The molecule has 0 saturated carbocycles. The number of benzene rings is 12. The average molecular weight is 943 g/mol. The summed E-state index contributed by atoms with van der Waals surface area (Å²) in [5.41, 5.74) is 8.27. The highest BCUT2D eigenvalue weighted by molar-refractivity contribution is 6.28. The number of aryl methyl sites for hydroxylation is 4. The van der Waals surface area contributed by atoms with Crippen LogP contribution >= 0.6 is 0 Å². The quantitative estimate of drug-likeness (QED) is 0.126.